The highest BCUT2D eigenvalue weighted by Gasteiger charge is 2.06. The van der Waals surface area contributed by atoms with E-state index in [-0.39, 0.29) is 0 Å². The Labute approximate surface area is 211 Å². The Kier molecular flexibility index (Phi) is 7.12. The standard InChI is InChI=1S/C31H27ClN2O/c1-2-3-4-5-6-7-31-34-29-20-22(9-19-30(29)35-31)8-16-27-17-12-25-21-24(13-18-28(25)33-27)23-10-14-26(32)15-11-23/h9-15,17-21H,2-7H2,1H3. The molecular formula is C31H27ClN2O. The van der Waals surface area contributed by atoms with Gasteiger partial charge in [-0.15, -0.1) is 0 Å². The molecular weight excluding hydrogens is 452 g/mol. The molecule has 0 aliphatic heterocycles. The van der Waals surface area contributed by atoms with Crippen LogP contribution >= 0.6 is 11.6 Å². The van der Waals surface area contributed by atoms with E-state index in [9.17, 15) is 0 Å². The van der Waals surface area contributed by atoms with E-state index in [0.29, 0.717) is 0 Å². The zero-order valence-corrected chi connectivity index (χ0v) is 20.6. The minimum Gasteiger partial charge on any atom is -0.441 e. The number of benzene rings is 3. The summed E-state index contributed by atoms with van der Waals surface area (Å²) in [6.45, 7) is 2.23. The van der Waals surface area contributed by atoms with E-state index in [0.717, 1.165) is 68.1 Å². The summed E-state index contributed by atoms with van der Waals surface area (Å²) in [5, 5.41) is 1.81. The van der Waals surface area contributed by atoms with Crippen LogP contribution in [-0.2, 0) is 6.42 Å². The average Bonchev–Trinajstić information content (AvgIpc) is 3.29. The molecule has 5 aromatic rings. The fourth-order valence-electron chi connectivity index (χ4n) is 4.19. The van der Waals surface area contributed by atoms with Gasteiger partial charge in [-0.3, -0.25) is 0 Å². The van der Waals surface area contributed by atoms with Crippen LogP contribution in [0.3, 0.4) is 0 Å². The van der Waals surface area contributed by atoms with Crippen molar-refractivity contribution in [1.29, 1.82) is 0 Å². The number of aromatic nitrogens is 2. The topological polar surface area (TPSA) is 38.9 Å². The molecule has 0 saturated heterocycles. The Bertz CT molecular complexity index is 1520. The summed E-state index contributed by atoms with van der Waals surface area (Å²) in [5.41, 5.74) is 6.51. The minimum atomic E-state index is 0.736. The quantitative estimate of drug-likeness (QED) is 0.173. The lowest BCUT2D eigenvalue weighted by Gasteiger charge is -2.04. The first kappa shape index (κ1) is 23.1. The Morgan fingerprint density at radius 2 is 1.57 bits per heavy atom. The minimum absolute atomic E-state index is 0.736. The molecule has 0 unspecified atom stereocenters. The maximum Gasteiger partial charge on any atom is 0.195 e. The Morgan fingerprint density at radius 3 is 2.43 bits per heavy atom. The van der Waals surface area contributed by atoms with Crippen molar-refractivity contribution in [1.82, 2.24) is 9.97 Å². The highest BCUT2D eigenvalue weighted by Crippen LogP contribution is 2.25. The van der Waals surface area contributed by atoms with Gasteiger partial charge in [0.15, 0.2) is 11.5 Å². The summed E-state index contributed by atoms with van der Waals surface area (Å²) in [4.78, 5) is 9.40. The van der Waals surface area contributed by atoms with E-state index in [4.69, 9.17) is 21.0 Å². The first-order chi connectivity index (χ1) is 17.2. The lowest BCUT2D eigenvalue weighted by atomic mass is 10.0. The number of hydrogen-bond donors (Lipinski definition) is 0. The fraction of sp³-hybridized carbons (Fsp3) is 0.226. The fourth-order valence-corrected chi connectivity index (χ4v) is 4.32. The summed E-state index contributed by atoms with van der Waals surface area (Å²) < 4.78 is 5.91. The van der Waals surface area contributed by atoms with Gasteiger partial charge < -0.3 is 4.42 Å². The Hall–Kier alpha value is -3.61. The molecule has 0 aliphatic rings. The van der Waals surface area contributed by atoms with Crippen molar-refractivity contribution >= 4 is 33.6 Å². The van der Waals surface area contributed by atoms with Crippen LogP contribution in [0.1, 0.15) is 56.2 Å². The van der Waals surface area contributed by atoms with Crippen LogP contribution in [0, 0.1) is 11.8 Å². The normalized spacial score (nSPS) is 11.0. The maximum absolute atomic E-state index is 6.02. The number of rotatable bonds is 7. The van der Waals surface area contributed by atoms with Gasteiger partial charge in [-0.05, 0) is 78.1 Å². The molecule has 0 atom stereocenters. The average molecular weight is 479 g/mol. The third kappa shape index (κ3) is 5.73. The number of nitrogens with zero attached hydrogens (tertiary/aromatic N) is 2. The second-order valence-corrected chi connectivity index (χ2v) is 9.25. The molecule has 0 saturated carbocycles. The number of fused-ring (bicyclic) bond motifs is 2. The first-order valence-corrected chi connectivity index (χ1v) is 12.6. The molecule has 3 nitrogen and oxygen atoms in total. The van der Waals surface area contributed by atoms with Crippen molar-refractivity contribution in [3.8, 4) is 23.0 Å². The molecule has 0 N–H and O–H groups in total. The molecule has 5 rings (SSSR count). The smallest absolute Gasteiger partial charge is 0.195 e. The largest absolute Gasteiger partial charge is 0.441 e. The van der Waals surface area contributed by atoms with Crippen molar-refractivity contribution < 1.29 is 4.42 Å². The van der Waals surface area contributed by atoms with Gasteiger partial charge >= 0.3 is 0 Å². The van der Waals surface area contributed by atoms with E-state index in [1.165, 1.54) is 25.7 Å². The van der Waals surface area contributed by atoms with E-state index in [1.807, 2.05) is 54.6 Å². The molecule has 35 heavy (non-hydrogen) atoms. The number of hydrogen-bond acceptors (Lipinski definition) is 3. The van der Waals surface area contributed by atoms with Gasteiger partial charge in [0.25, 0.3) is 0 Å². The van der Waals surface area contributed by atoms with Crippen molar-refractivity contribution in [3.05, 3.63) is 95.0 Å². The molecule has 2 aromatic heterocycles. The monoisotopic (exact) mass is 478 g/mol. The third-order valence-corrected chi connectivity index (χ3v) is 6.38. The van der Waals surface area contributed by atoms with E-state index in [1.54, 1.807) is 0 Å². The molecule has 0 spiro atoms. The second kappa shape index (κ2) is 10.8. The molecule has 0 radical (unpaired) electrons. The number of oxazole rings is 1. The van der Waals surface area contributed by atoms with Gasteiger partial charge in [-0.25, -0.2) is 9.97 Å². The van der Waals surface area contributed by atoms with Gasteiger partial charge in [0.2, 0.25) is 0 Å². The molecule has 0 amide bonds. The van der Waals surface area contributed by atoms with Crippen LogP contribution in [0.5, 0.6) is 0 Å². The molecule has 174 valence electrons. The predicted octanol–water partition coefficient (Wildman–Crippen LogP) is 8.61. The second-order valence-electron chi connectivity index (χ2n) is 8.82. The third-order valence-electron chi connectivity index (χ3n) is 6.13. The SMILES string of the molecule is CCCCCCCc1nc2cc(C#Cc3ccc4cc(-c5ccc(Cl)cc5)ccc4n3)ccc2o1. The van der Waals surface area contributed by atoms with Crippen molar-refractivity contribution in [2.45, 2.75) is 45.4 Å². The zero-order valence-electron chi connectivity index (χ0n) is 19.9. The van der Waals surface area contributed by atoms with E-state index < -0.39 is 0 Å². The summed E-state index contributed by atoms with van der Waals surface area (Å²) in [5.74, 6) is 7.24. The molecule has 4 heteroatoms. The Morgan fingerprint density at radius 1 is 0.743 bits per heavy atom. The predicted molar refractivity (Wildman–Crippen MR) is 145 cm³/mol. The van der Waals surface area contributed by atoms with Gasteiger partial charge in [-0.1, -0.05) is 68.3 Å². The number of pyridine rings is 1. The first-order valence-electron chi connectivity index (χ1n) is 12.3. The lowest BCUT2D eigenvalue weighted by molar-refractivity contribution is 0.507. The van der Waals surface area contributed by atoms with Crippen LogP contribution in [0.15, 0.2) is 77.2 Å². The van der Waals surface area contributed by atoms with Crippen molar-refractivity contribution in [2.24, 2.45) is 0 Å². The summed E-state index contributed by atoms with van der Waals surface area (Å²) in [6.07, 6.45) is 7.07. The van der Waals surface area contributed by atoms with Gasteiger partial charge in [0, 0.05) is 22.4 Å². The zero-order chi connectivity index (χ0) is 24.0. The molecule has 0 bridgehead atoms. The van der Waals surface area contributed by atoms with Crippen LogP contribution in [0.25, 0.3) is 33.1 Å². The summed E-state index contributed by atoms with van der Waals surface area (Å²) in [7, 11) is 0. The highest BCUT2D eigenvalue weighted by molar-refractivity contribution is 6.30. The summed E-state index contributed by atoms with van der Waals surface area (Å²) in [6, 6.07) is 24.1. The summed E-state index contributed by atoms with van der Waals surface area (Å²) >= 11 is 6.02. The molecule has 2 heterocycles. The Balaban J connectivity index is 1.30. The molecule has 0 fully saturated rings. The van der Waals surface area contributed by atoms with Crippen molar-refractivity contribution in [3.63, 3.8) is 0 Å². The van der Waals surface area contributed by atoms with Gasteiger partial charge in [-0.2, -0.15) is 0 Å². The highest BCUT2D eigenvalue weighted by atomic mass is 35.5. The van der Waals surface area contributed by atoms with Crippen LogP contribution in [0.2, 0.25) is 5.02 Å². The van der Waals surface area contributed by atoms with Crippen LogP contribution in [-0.4, -0.2) is 9.97 Å². The lowest BCUT2D eigenvalue weighted by Crippen LogP contribution is -1.86. The maximum atomic E-state index is 6.02. The van der Waals surface area contributed by atoms with Crippen LogP contribution < -0.4 is 0 Å². The molecule has 0 aliphatic carbocycles. The van der Waals surface area contributed by atoms with E-state index >= 15 is 0 Å². The van der Waals surface area contributed by atoms with Crippen molar-refractivity contribution in [2.75, 3.05) is 0 Å². The van der Waals surface area contributed by atoms with Crippen LogP contribution in [0.4, 0.5) is 0 Å². The van der Waals surface area contributed by atoms with E-state index in [2.05, 4.69) is 41.9 Å². The number of halogens is 1. The van der Waals surface area contributed by atoms with Gasteiger partial charge in [0.05, 0.1) is 5.52 Å². The van der Waals surface area contributed by atoms with Gasteiger partial charge in [0.1, 0.15) is 11.2 Å². The number of unbranched alkanes of at least 4 members (excludes halogenated alkanes) is 4. The molecule has 3 aromatic carbocycles. The number of aryl methyl sites for hydroxylation is 1.